The Morgan fingerprint density at radius 1 is 1.28 bits per heavy atom. The smallest absolute Gasteiger partial charge is 0.356 e. The molecule has 2 heterocycles. The van der Waals surface area contributed by atoms with E-state index in [9.17, 15) is 14.4 Å². The molecule has 1 aliphatic rings. The largest absolute Gasteiger partial charge is 0.481 e. The molecule has 1 amide bonds. The minimum absolute atomic E-state index is 0.0231. The summed E-state index contributed by atoms with van der Waals surface area (Å²) >= 11 is 0. The van der Waals surface area contributed by atoms with Crippen LogP contribution in [-0.2, 0) is 9.59 Å². The van der Waals surface area contributed by atoms with Crippen LogP contribution in [0.1, 0.15) is 16.9 Å². The van der Waals surface area contributed by atoms with Crippen molar-refractivity contribution >= 4 is 23.7 Å². The van der Waals surface area contributed by atoms with Gasteiger partial charge in [-0.05, 0) is 12.1 Å². The Morgan fingerprint density at radius 2 is 2.00 bits per heavy atom. The molecule has 1 aromatic heterocycles. The van der Waals surface area contributed by atoms with Gasteiger partial charge in [-0.1, -0.05) is 0 Å². The zero-order valence-electron chi connectivity index (χ0n) is 9.11. The molecule has 0 radical (unpaired) electrons. The fourth-order valence-corrected chi connectivity index (χ4v) is 1.68. The zero-order chi connectivity index (χ0) is 13.3. The van der Waals surface area contributed by atoms with Crippen LogP contribution < -0.4 is 4.90 Å². The van der Waals surface area contributed by atoms with Gasteiger partial charge in [-0.25, -0.2) is 4.79 Å². The van der Waals surface area contributed by atoms with Gasteiger partial charge in [0.25, 0.3) is 0 Å². The van der Waals surface area contributed by atoms with E-state index >= 15 is 0 Å². The predicted molar refractivity (Wildman–Crippen MR) is 57.1 cm³/mol. The Bertz CT molecular complexity index is 513. The van der Waals surface area contributed by atoms with E-state index in [-0.39, 0.29) is 30.4 Å². The average molecular weight is 251 g/mol. The highest BCUT2D eigenvalue weighted by Crippen LogP contribution is 2.23. The van der Waals surface area contributed by atoms with Crippen LogP contribution in [0.3, 0.4) is 0 Å². The number of carbonyl (C=O) groups excluding carboxylic acids is 1. The van der Waals surface area contributed by atoms with Crippen LogP contribution in [0.15, 0.2) is 12.1 Å². The Hall–Kier alpha value is -2.51. The lowest BCUT2D eigenvalue weighted by Gasteiger charge is -2.13. The van der Waals surface area contributed by atoms with E-state index in [1.54, 1.807) is 0 Å². The molecule has 18 heavy (non-hydrogen) atoms. The molecule has 8 heteroatoms. The monoisotopic (exact) mass is 251 g/mol. The highest BCUT2D eigenvalue weighted by atomic mass is 16.4. The second kappa shape index (κ2) is 4.40. The van der Waals surface area contributed by atoms with E-state index in [1.807, 2.05) is 0 Å². The van der Waals surface area contributed by atoms with E-state index in [1.165, 1.54) is 17.0 Å². The first-order valence-electron chi connectivity index (χ1n) is 5.09. The highest BCUT2D eigenvalue weighted by Gasteiger charge is 2.35. The zero-order valence-corrected chi connectivity index (χ0v) is 9.11. The maximum absolute atomic E-state index is 11.6. The van der Waals surface area contributed by atoms with Crippen LogP contribution in [0.5, 0.6) is 0 Å². The van der Waals surface area contributed by atoms with E-state index in [0.717, 1.165) is 0 Å². The standard InChI is InChI=1S/C10H9N3O5/c14-8-3-5(9(15)16)4-13(8)7-2-1-6(10(17)18)11-12-7/h1-2,5H,3-4H2,(H,15,16)(H,17,18). The van der Waals surface area contributed by atoms with Gasteiger partial charge < -0.3 is 10.2 Å². The average Bonchev–Trinajstić information content (AvgIpc) is 2.71. The van der Waals surface area contributed by atoms with Gasteiger partial charge in [-0.15, -0.1) is 10.2 Å². The summed E-state index contributed by atoms with van der Waals surface area (Å²) in [6.45, 7) is 0.0231. The number of carboxylic acid groups (broad SMARTS) is 2. The highest BCUT2D eigenvalue weighted by molar-refractivity contribution is 5.98. The summed E-state index contributed by atoms with van der Waals surface area (Å²) in [7, 11) is 0. The normalized spacial score (nSPS) is 19.0. The van der Waals surface area contributed by atoms with Gasteiger partial charge in [0.15, 0.2) is 11.5 Å². The number of aromatic nitrogens is 2. The molecule has 2 rings (SSSR count). The summed E-state index contributed by atoms with van der Waals surface area (Å²) in [5.41, 5.74) is -0.236. The van der Waals surface area contributed by atoms with Crippen LogP contribution in [0.4, 0.5) is 5.82 Å². The van der Waals surface area contributed by atoms with Crippen LogP contribution in [0.2, 0.25) is 0 Å². The van der Waals surface area contributed by atoms with Crippen molar-refractivity contribution < 1.29 is 24.6 Å². The third-order valence-corrected chi connectivity index (χ3v) is 2.62. The van der Waals surface area contributed by atoms with E-state index in [0.29, 0.717) is 0 Å². The number of hydrogen-bond acceptors (Lipinski definition) is 5. The molecular weight excluding hydrogens is 242 g/mol. The number of anilines is 1. The van der Waals surface area contributed by atoms with Crippen LogP contribution in [0.25, 0.3) is 0 Å². The molecule has 1 saturated heterocycles. The van der Waals surface area contributed by atoms with Crippen molar-refractivity contribution in [3.63, 3.8) is 0 Å². The van der Waals surface area contributed by atoms with Gasteiger partial charge in [0, 0.05) is 13.0 Å². The molecule has 1 aliphatic heterocycles. The summed E-state index contributed by atoms with van der Waals surface area (Å²) in [4.78, 5) is 34.1. The third-order valence-electron chi connectivity index (χ3n) is 2.62. The Balaban J connectivity index is 2.19. The summed E-state index contributed by atoms with van der Waals surface area (Å²) < 4.78 is 0. The number of rotatable bonds is 3. The lowest BCUT2D eigenvalue weighted by Crippen LogP contribution is -2.27. The molecule has 2 N–H and O–H groups in total. The molecule has 1 aromatic rings. The molecule has 0 aromatic carbocycles. The molecular formula is C10H9N3O5. The van der Waals surface area contributed by atoms with Crippen LogP contribution in [-0.4, -0.2) is 44.8 Å². The van der Waals surface area contributed by atoms with Crippen molar-refractivity contribution in [1.29, 1.82) is 0 Å². The third kappa shape index (κ3) is 2.12. The molecule has 0 saturated carbocycles. The minimum Gasteiger partial charge on any atom is -0.481 e. The summed E-state index contributed by atoms with van der Waals surface area (Å²) in [6, 6.07) is 2.55. The van der Waals surface area contributed by atoms with Gasteiger partial charge >= 0.3 is 11.9 Å². The number of amides is 1. The Labute approximate surface area is 101 Å². The predicted octanol–water partition coefficient (Wildman–Crippen LogP) is -0.388. The Kier molecular flexibility index (Phi) is 2.92. The fraction of sp³-hybridized carbons (Fsp3) is 0.300. The minimum atomic E-state index is -1.22. The summed E-state index contributed by atoms with van der Waals surface area (Å²) in [6.07, 6.45) is -0.0856. The maximum atomic E-state index is 11.6. The lowest BCUT2D eigenvalue weighted by molar-refractivity contribution is -0.141. The first kappa shape index (κ1) is 12.0. The summed E-state index contributed by atoms with van der Waals surface area (Å²) in [5.74, 6) is -3.22. The number of carboxylic acids is 2. The molecule has 0 spiro atoms. The molecule has 1 fully saturated rings. The number of aliphatic carboxylic acids is 1. The van der Waals surface area contributed by atoms with Gasteiger partial charge in [0.2, 0.25) is 5.91 Å². The first-order valence-corrected chi connectivity index (χ1v) is 5.09. The van der Waals surface area contributed by atoms with Gasteiger partial charge in [0.1, 0.15) is 0 Å². The molecule has 0 aliphatic carbocycles. The number of carbonyl (C=O) groups is 3. The molecule has 0 bridgehead atoms. The molecule has 8 nitrogen and oxygen atoms in total. The molecule has 94 valence electrons. The number of nitrogens with zero attached hydrogens (tertiary/aromatic N) is 3. The van der Waals surface area contributed by atoms with Crippen molar-refractivity contribution in [2.45, 2.75) is 6.42 Å². The van der Waals surface area contributed by atoms with Crippen molar-refractivity contribution in [2.75, 3.05) is 11.4 Å². The van der Waals surface area contributed by atoms with E-state index < -0.39 is 17.9 Å². The van der Waals surface area contributed by atoms with Gasteiger partial charge in [-0.3, -0.25) is 14.5 Å². The van der Waals surface area contributed by atoms with Crippen LogP contribution in [0, 0.1) is 5.92 Å². The maximum Gasteiger partial charge on any atom is 0.356 e. The molecule has 1 atom stereocenters. The van der Waals surface area contributed by atoms with Crippen molar-refractivity contribution in [1.82, 2.24) is 10.2 Å². The summed E-state index contributed by atoms with van der Waals surface area (Å²) in [5, 5.41) is 24.5. The van der Waals surface area contributed by atoms with Crippen LogP contribution >= 0.6 is 0 Å². The fourth-order valence-electron chi connectivity index (χ4n) is 1.68. The van der Waals surface area contributed by atoms with Crippen molar-refractivity contribution in [2.24, 2.45) is 5.92 Å². The van der Waals surface area contributed by atoms with Crippen molar-refractivity contribution in [3.05, 3.63) is 17.8 Å². The van der Waals surface area contributed by atoms with Gasteiger partial charge in [-0.2, -0.15) is 0 Å². The Morgan fingerprint density at radius 3 is 2.44 bits per heavy atom. The van der Waals surface area contributed by atoms with Gasteiger partial charge in [0.05, 0.1) is 5.92 Å². The van der Waals surface area contributed by atoms with E-state index in [2.05, 4.69) is 10.2 Å². The number of aromatic carboxylic acids is 1. The first-order chi connectivity index (χ1) is 8.49. The number of hydrogen-bond donors (Lipinski definition) is 2. The SMILES string of the molecule is O=C(O)c1ccc(N2CC(C(=O)O)CC2=O)nn1. The lowest BCUT2D eigenvalue weighted by atomic mass is 10.1. The van der Waals surface area contributed by atoms with Crippen molar-refractivity contribution in [3.8, 4) is 0 Å². The second-order valence-corrected chi connectivity index (χ2v) is 3.83. The second-order valence-electron chi connectivity index (χ2n) is 3.83. The topological polar surface area (TPSA) is 121 Å². The molecule has 1 unspecified atom stereocenters. The van der Waals surface area contributed by atoms with E-state index in [4.69, 9.17) is 10.2 Å². The quantitative estimate of drug-likeness (QED) is 0.750.